The van der Waals surface area contributed by atoms with Crippen molar-refractivity contribution in [1.82, 2.24) is 4.90 Å². The third kappa shape index (κ3) is 2.62. The Morgan fingerprint density at radius 3 is 2.93 bits per heavy atom. The molecule has 0 amide bonds. The van der Waals surface area contributed by atoms with Crippen LogP contribution < -0.4 is 0 Å². The van der Waals surface area contributed by atoms with Gasteiger partial charge in [-0.3, -0.25) is 4.90 Å². The highest BCUT2D eigenvalue weighted by atomic mass is 35.5. The SMILES string of the molecule is Oc1ccc(Cl)cc1CN1CC[C@@H](O)C1. The van der Waals surface area contributed by atoms with Crippen LogP contribution in [0.1, 0.15) is 12.0 Å². The topological polar surface area (TPSA) is 43.7 Å². The first-order valence-corrected chi connectivity index (χ1v) is 5.41. The number of β-amino-alcohol motifs (C(OH)–C–C–N with tert-alkyl or cyclic N) is 1. The van der Waals surface area contributed by atoms with Crippen molar-refractivity contribution < 1.29 is 10.2 Å². The maximum Gasteiger partial charge on any atom is 0.120 e. The molecule has 1 heterocycles. The molecule has 1 aliphatic rings. The molecule has 2 rings (SSSR count). The lowest BCUT2D eigenvalue weighted by Crippen LogP contribution is -2.21. The maximum absolute atomic E-state index is 9.61. The largest absolute Gasteiger partial charge is 0.508 e. The van der Waals surface area contributed by atoms with Crippen molar-refractivity contribution in [1.29, 1.82) is 0 Å². The fourth-order valence-electron chi connectivity index (χ4n) is 1.88. The summed E-state index contributed by atoms with van der Waals surface area (Å²) in [5.41, 5.74) is 0.816. The summed E-state index contributed by atoms with van der Waals surface area (Å²) in [5, 5.41) is 19.6. The van der Waals surface area contributed by atoms with Gasteiger partial charge in [0, 0.05) is 30.2 Å². The molecule has 15 heavy (non-hydrogen) atoms. The molecule has 0 radical (unpaired) electrons. The highest BCUT2D eigenvalue weighted by molar-refractivity contribution is 6.30. The number of halogens is 1. The molecule has 1 fully saturated rings. The van der Waals surface area contributed by atoms with E-state index in [9.17, 15) is 10.2 Å². The van der Waals surface area contributed by atoms with E-state index in [0.717, 1.165) is 18.5 Å². The van der Waals surface area contributed by atoms with E-state index in [1.165, 1.54) is 0 Å². The molecule has 2 N–H and O–H groups in total. The molecule has 82 valence electrons. The van der Waals surface area contributed by atoms with Crippen molar-refractivity contribution in [2.45, 2.75) is 19.1 Å². The number of benzene rings is 1. The first kappa shape index (κ1) is 10.7. The minimum absolute atomic E-state index is 0.230. The number of phenolic OH excluding ortho intramolecular Hbond substituents is 1. The Labute approximate surface area is 93.9 Å². The van der Waals surface area contributed by atoms with Crippen LogP contribution in [0.3, 0.4) is 0 Å². The summed E-state index contributed by atoms with van der Waals surface area (Å²) < 4.78 is 0. The van der Waals surface area contributed by atoms with Gasteiger partial charge in [-0.1, -0.05) is 11.6 Å². The number of hydrogen-bond acceptors (Lipinski definition) is 3. The molecule has 0 bridgehead atoms. The predicted octanol–water partition coefficient (Wildman–Crippen LogP) is 1.61. The Kier molecular flexibility index (Phi) is 3.14. The molecule has 0 aromatic heterocycles. The summed E-state index contributed by atoms with van der Waals surface area (Å²) in [4.78, 5) is 2.11. The molecule has 0 unspecified atom stereocenters. The van der Waals surface area contributed by atoms with Crippen LogP contribution in [-0.2, 0) is 6.54 Å². The molecule has 0 saturated carbocycles. The van der Waals surface area contributed by atoms with Crippen molar-refractivity contribution in [2.75, 3.05) is 13.1 Å². The van der Waals surface area contributed by atoms with Crippen molar-refractivity contribution >= 4 is 11.6 Å². The Bertz CT molecular complexity index is 356. The van der Waals surface area contributed by atoms with E-state index in [4.69, 9.17) is 11.6 Å². The number of hydrogen-bond donors (Lipinski definition) is 2. The first-order chi connectivity index (χ1) is 7.15. The summed E-state index contributed by atoms with van der Waals surface area (Å²) >= 11 is 5.85. The minimum Gasteiger partial charge on any atom is -0.508 e. The van der Waals surface area contributed by atoms with Crippen LogP contribution in [0.25, 0.3) is 0 Å². The second-order valence-corrected chi connectivity index (χ2v) is 4.39. The molecule has 1 aromatic rings. The van der Waals surface area contributed by atoms with Crippen molar-refractivity contribution in [2.24, 2.45) is 0 Å². The lowest BCUT2D eigenvalue weighted by atomic mass is 10.2. The van der Waals surface area contributed by atoms with Crippen molar-refractivity contribution in [3.05, 3.63) is 28.8 Å². The number of aliphatic hydroxyl groups is 1. The summed E-state index contributed by atoms with van der Waals surface area (Å²) in [6.07, 6.45) is 0.577. The number of aromatic hydroxyl groups is 1. The zero-order chi connectivity index (χ0) is 10.8. The molecule has 1 aromatic carbocycles. The number of phenols is 1. The second-order valence-electron chi connectivity index (χ2n) is 3.95. The minimum atomic E-state index is -0.230. The first-order valence-electron chi connectivity index (χ1n) is 5.03. The lowest BCUT2D eigenvalue weighted by Gasteiger charge is -2.15. The molecule has 1 saturated heterocycles. The Morgan fingerprint density at radius 1 is 1.47 bits per heavy atom. The van der Waals surface area contributed by atoms with Gasteiger partial charge in [0.1, 0.15) is 5.75 Å². The zero-order valence-electron chi connectivity index (χ0n) is 8.36. The molecule has 0 aliphatic carbocycles. The van der Waals surface area contributed by atoms with Crippen molar-refractivity contribution in [3.8, 4) is 5.75 Å². The van der Waals surface area contributed by atoms with E-state index in [0.29, 0.717) is 18.1 Å². The molecule has 0 spiro atoms. The lowest BCUT2D eigenvalue weighted by molar-refractivity contribution is 0.174. The van der Waals surface area contributed by atoms with E-state index in [-0.39, 0.29) is 11.9 Å². The van der Waals surface area contributed by atoms with Crippen molar-refractivity contribution in [3.63, 3.8) is 0 Å². The van der Waals surface area contributed by atoms with Crippen LogP contribution in [0.15, 0.2) is 18.2 Å². The molecule has 4 heteroatoms. The van der Waals surface area contributed by atoms with Gasteiger partial charge in [-0.2, -0.15) is 0 Å². The van der Waals surface area contributed by atoms with Gasteiger partial charge in [0.15, 0.2) is 0 Å². The average Bonchev–Trinajstić information content (AvgIpc) is 2.58. The summed E-state index contributed by atoms with van der Waals surface area (Å²) in [5.74, 6) is 0.265. The monoisotopic (exact) mass is 227 g/mol. The normalized spacial score (nSPS) is 22.1. The number of rotatable bonds is 2. The molecular weight excluding hydrogens is 214 g/mol. The third-order valence-electron chi connectivity index (χ3n) is 2.68. The van der Waals surface area contributed by atoms with Crippen LogP contribution in [0.4, 0.5) is 0 Å². The van der Waals surface area contributed by atoms with Gasteiger partial charge in [-0.15, -0.1) is 0 Å². The Morgan fingerprint density at radius 2 is 2.27 bits per heavy atom. The maximum atomic E-state index is 9.61. The summed E-state index contributed by atoms with van der Waals surface area (Å²) in [6, 6.07) is 5.03. The van der Waals surface area contributed by atoms with Crippen LogP contribution >= 0.6 is 11.6 Å². The van der Waals surface area contributed by atoms with Gasteiger partial charge in [0.05, 0.1) is 6.10 Å². The van der Waals surface area contributed by atoms with E-state index >= 15 is 0 Å². The van der Waals surface area contributed by atoms with Crippen LogP contribution in [0.5, 0.6) is 5.75 Å². The van der Waals surface area contributed by atoms with Gasteiger partial charge < -0.3 is 10.2 Å². The molecular formula is C11H14ClNO2. The van der Waals surface area contributed by atoms with Gasteiger partial charge in [0.25, 0.3) is 0 Å². The van der Waals surface area contributed by atoms with Crippen LogP contribution in [-0.4, -0.2) is 34.3 Å². The number of nitrogens with zero attached hydrogens (tertiary/aromatic N) is 1. The van der Waals surface area contributed by atoms with E-state index in [2.05, 4.69) is 4.90 Å². The third-order valence-corrected chi connectivity index (χ3v) is 2.92. The Balaban J connectivity index is 2.07. The highest BCUT2D eigenvalue weighted by Crippen LogP contribution is 2.24. The standard InChI is InChI=1S/C11H14ClNO2/c12-9-1-2-11(15)8(5-9)6-13-4-3-10(14)7-13/h1-2,5,10,14-15H,3-4,6-7H2/t10-/m1/s1. The predicted molar refractivity (Wildman–Crippen MR) is 59.0 cm³/mol. The smallest absolute Gasteiger partial charge is 0.120 e. The fourth-order valence-corrected chi connectivity index (χ4v) is 2.07. The van der Waals surface area contributed by atoms with Crippen LogP contribution in [0.2, 0.25) is 5.02 Å². The zero-order valence-corrected chi connectivity index (χ0v) is 9.11. The van der Waals surface area contributed by atoms with Crippen LogP contribution in [0, 0.1) is 0 Å². The quantitative estimate of drug-likeness (QED) is 0.807. The second kappa shape index (κ2) is 4.39. The summed E-state index contributed by atoms with van der Waals surface area (Å²) in [6.45, 7) is 2.18. The van der Waals surface area contributed by atoms with Gasteiger partial charge in [-0.05, 0) is 24.6 Å². The molecule has 1 atom stereocenters. The van der Waals surface area contributed by atoms with E-state index in [1.807, 2.05) is 0 Å². The molecule has 3 nitrogen and oxygen atoms in total. The summed E-state index contributed by atoms with van der Waals surface area (Å²) in [7, 11) is 0. The van der Waals surface area contributed by atoms with E-state index in [1.54, 1.807) is 18.2 Å². The van der Waals surface area contributed by atoms with Gasteiger partial charge in [-0.25, -0.2) is 0 Å². The van der Waals surface area contributed by atoms with Gasteiger partial charge >= 0.3 is 0 Å². The van der Waals surface area contributed by atoms with Gasteiger partial charge in [0.2, 0.25) is 0 Å². The number of likely N-dealkylation sites (tertiary alicyclic amines) is 1. The average molecular weight is 228 g/mol. The molecule has 1 aliphatic heterocycles. The number of aliphatic hydroxyl groups excluding tert-OH is 1. The highest BCUT2D eigenvalue weighted by Gasteiger charge is 2.20. The Hall–Kier alpha value is -0.770. The fraction of sp³-hybridized carbons (Fsp3) is 0.455. The van der Waals surface area contributed by atoms with E-state index < -0.39 is 0 Å².